The predicted molar refractivity (Wildman–Crippen MR) is 90.3 cm³/mol. The van der Waals surface area contributed by atoms with Gasteiger partial charge < -0.3 is 9.47 Å². The molecule has 0 radical (unpaired) electrons. The van der Waals surface area contributed by atoms with Gasteiger partial charge in [-0.3, -0.25) is 0 Å². The number of rotatable bonds is 6. The molecule has 124 valence electrons. The van der Waals surface area contributed by atoms with Crippen molar-refractivity contribution in [3.8, 4) is 23.3 Å². The molecule has 0 aliphatic heterocycles. The molecule has 0 amide bonds. The third kappa shape index (κ3) is 4.60. The van der Waals surface area contributed by atoms with Crippen LogP contribution in [0.2, 0.25) is 0 Å². The third-order valence-electron chi connectivity index (χ3n) is 3.07. The van der Waals surface area contributed by atoms with E-state index in [1.54, 1.807) is 30.3 Å². The molecule has 2 rings (SSSR count). The molecule has 2 aromatic carbocycles. The SMILES string of the molecule is C=CCOc1ccc(C#Cc2ccc(OCCC)c(F)c2F)cc1. The zero-order valence-corrected chi connectivity index (χ0v) is 13.4. The number of hydrogen-bond donors (Lipinski definition) is 0. The summed E-state index contributed by atoms with van der Waals surface area (Å²) in [6.45, 7) is 6.22. The number of benzene rings is 2. The normalized spacial score (nSPS) is 9.79. The van der Waals surface area contributed by atoms with Crippen molar-refractivity contribution in [3.05, 3.63) is 71.8 Å². The molecule has 24 heavy (non-hydrogen) atoms. The summed E-state index contributed by atoms with van der Waals surface area (Å²) in [5.41, 5.74) is 0.662. The van der Waals surface area contributed by atoms with E-state index < -0.39 is 11.6 Å². The van der Waals surface area contributed by atoms with E-state index >= 15 is 0 Å². The van der Waals surface area contributed by atoms with Crippen molar-refractivity contribution in [3.63, 3.8) is 0 Å². The Hall–Kier alpha value is -2.80. The van der Waals surface area contributed by atoms with E-state index in [0.717, 1.165) is 6.42 Å². The second-order valence-electron chi connectivity index (χ2n) is 4.96. The van der Waals surface area contributed by atoms with Crippen LogP contribution in [0.25, 0.3) is 0 Å². The Balaban J connectivity index is 2.15. The fourth-order valence-electron chi connectivity index (χ4n) is 1.88. The minimum atomic E-state index is -1.01. The summed E-state index contributed by atoms with van der Waals surface area (Å²) >= 11 is 0. The number of halogens is 2. The van der Waals surface area contributed by atoms with Gasteiger partial charge in [-0.2, -0.15) is 4.39 Å². The van der Waals surface area contributed by atoms with Crippen LogP contribution < -0.4 is 9.47 Å². The average molecular weight is 328 g/mol. The average Bonchev–Trinajstić information content (AvgIpc) is 2.61. The topological polar surface area (TPSA) is 18.5 Å². The summed E-state index contributed by atoms with van der Waals surface area (Å²) in [5, 5.41) is 0. The van der Waals surface area contributed by atoms with Gasteiger partial charge in [0.15, 0.2) is 11.6 Å². The zero-order valence-electron chi connectivity index (χ0n) is 13.4. The summed E-state index contributed by atoms with van der Waals surface area (Å²) in [6.07, 6.45) is 2.37. The largest absolute Gasteiger partial charge is 0.490 e. The van der Waals surface area contributed by atoms with E-state index in [2.05, 4.69) is 18.4 Å². The summed E-state index contributed by atoms with van der Waals surface area (Å²) in [6, 6.07) is 9.82. The van der Waals surface area contributed by atoms with Crippen molar-refractivity contribution in [2.24, 2.45) is 0 Å². The van der Waals surface area contributed by atoms with E-state index in [4.69, 9.17) is 9.47 Å². The molecule has 0 atom stereocenters. The van der Waals surface area contributed by atoms with Crippen molar-refractivity contribution in [2.45, 2.75) is 13.3 Å². The predicted octanol–water partition coefficient (Wildman–Crippen LogP) is 4.72. The summed E-state index contributed by atoms with van der Waals surface area (Å²) < 4.78 is 38.4. The second-order valence-corrected chi connectivity index (χ2v) is 4.96. The van der Waals surface area contributed by atoms with Gasteiger partial charge in [0.05, 0.1) is 12.2 Å². The highest BCUT2D eigenvalue weighted by Crippen LogP contribution is 2.22. The Labute approximate surface area is 140 Å². The molecule has 2 aromatic rings. The highest BCUT2D eigenvalue weighted by Gasteiger charge is 2.13. The first kappa shape index (κ1) is 17.6. The fraction of sp³-hybridized carbons (Fsp3) is 0.200. The Bertz CT molecular complexity index is 756. The van der Waals surface area contributed by atoms with Gasteiger partial charge in [0.2, 0.25) is 5.82 Å². The lowest BCUT2D eigenvalue weighted by atomic mass is 10.1. The molecule has 0 aromatic heterocycles. The lowest BCUT2D eigenvalue weighted by molar-refractivity contribution is 0.295. The van der Waals surface area contributed by atoms with Gasteiger partial charge in [0.1, 0.15) is 12.4 Å². The molecule has 0 spiro atoms. The van der Waals surface area contributed by atoms with Crippen LogP contribution in [0.4, 0.5) is 8.78 Å². The van der Waals surface area contributed by atoms with Gasteiger partial charge in [-0.1, -0.05) is 31.4 Å². The molecular weight excluding hydrogens is 310 g/mol. The lowest BCUT2D eigenvalue weighted by Gasteiger charge is -2.06. The van der Waals surface area contributed by atoms with Gasteiger partial charge in [-0.25, -0.2) is 4.39 Å². The maximum atomic E-state index is 14.0. The van der Waals surface area contributed by atoms with Gasteiger partial charge >= 0.3 is 0 Å². The highest BCUT2D eigenvalue weighted by atomic mass is 19.2. The van der Waals surface area contributed by atoms with E-state index in [1.807, 2.05) is 6.92 Å². The highest BCUT2D eigenvalue weighted by molar-refractivity contribution is 5.46. The van der Waals surface area contributed by atoms with Gasteiger partial charge in [0.25, 0.3) is 0 Å². The Morgan fingerprint density at radius 1 is 1.00 bits per heavy atom. The minimum absolute atomic E-state index is 0.0108. The molecule has 4 heteroatoms. The molecule has 2 nitrogen and oxygen atoms in total. The van der Waals surface area contributed by atoms with E-state index in [-0.39, 0.29) is 11.3 Å². The monoisotopic (exact) mass is 328 g/mol. The second kappa shape index (κ2) is 8.73. The standard InChI is InChI=1S/C20H18F2O2/c1-3-13-23-17-10-6-15(7-11-17)5-8-16-9-12-18(24-14-4-2)20(22)19(16)21/h3,6-7,9-12H,1,4,13-14H2,2H3. The fourth-order valence-corrected chi connectivity index (χ4v) is 1.88. The van der Waals surface area contributed by atoms with Crippen LogP contribution in [0.1, 0.15) is 24.5 Å². The molecule has 0 heterocycles. The van der Waals surface area contributed by atoms with Crippen molar-refractivity contribution >= 4 is 0 Å². The Kier molecular flexibility index (Phi) is 6.39. The molecular formula is C20H18F2O2. The van der Waals surface area contributed by atoms with Crippen LogP contribution in [0, 0.1) is 23.5 Å². The number of hydrogen-bond acceptors (Lipinski definition) is 2. The van der Waals surface area contributed by atoms with E-state index in [1.165, 1.54) is 12.1 Å². The van der Waals surface area contributed by atoms with Crippen LogP contribution in [0.3, 0.4) is 0 Å². The van der Waals surface area contributed by atoms with Crippen molar-refractivity contribution in [1.82, 2.24) is 0 Å². The third-order valence-corrected chi connectivity index (χ3v) is 3.07. The minimum Gasteiger partial charge on any atom is -0.490 e. The Morgan fingerprint density at radius 2 is 1.75 bits per heavy atom. The quantitative estimate of drug-likeness (QED) is 0.564. The maximum Gasteiger partial charge on any atom is 0.201 e. The first-order valence-electron chi connectivity index (χ1n) is 7.62. The zero-order chi connectivity index (χ0) is 17.4. The maximum absolute atomic E-state index is 14.0. The summed E-state index contributed by atoms with van der Waals surface area (Å²) in [5.74, 6) is 4.03. The summed E-state index contributed by atoms with van der Waals surface area (Å²) in [4.78, 5) is 0. The van der Waals surface area contributed by atoms with E-state index in [0.29, 0.717) is 24.5 Å². The number of ether oxygens (including phenoxy) is 2. The first-order chi connectivity index (χ1) is 11.7. The van der Waals surface area contributed by atoms with Crippen LogP contribution in [-0.2, 0) is 0 Å². The molecule has 0 saturated carbocycles. The molecule has 0 bridgehead atoms. The van der Waals surface area contributed by atoms with Crippen LogP contribution in [0.5, 0.6) is 11.5 Å². The van der Waals surface area contributed by atoms with E-state index in [9.17, 15) is 8.78 Å². The van der Waals surface area contributed by atoms with Crippen LogP contribution in [-0.4, -0.2) is 13.2 Å². The molecule has 0 aliphatic carbocycles. The lowest BCUT2D eigenvalue weighted by Crippen LogP contribution is -2.00. The van der Waals surface area contributed by atoms with Gasteiger partial charge in [-0.05, 0) is 42.8 Å². The van der Waals surface area contributed by atoms with Gasteiger partial charge in [-0.15, -0.1) is 0 Å². The van der Waals surface area contributed by atoms with Crippen molar-refractivity contribution < 1.29 is 18.3 Å². The Morgan fingerprint density at radius 3 is 2.42 bits per heavy atom. The van der Waals surface area contributed by atoms with Crippen molar-refractivity contribution in [1.29, 1.82) is 0 Å². The molecule has 0 fully saturated rings. The van der Waals surface area contributed by atoms with Crippen LogP contribution >= 0.6 is 0 Å². The van der Waals surface area contributed by atoms with Gasteiger partial charge in [0, 0.05) is 5.56 Å². The molecule has 0 unspecified atom stereocenters. The summed E-state index contributed by atoms with van der Waals surface area (Å²) in [7, 11) is 0. The van der Waals surface area contributed by atoms with Crippen molar-refractivity contribution in [2.75, 3.05) is 13.2 Å². The first-order valence-corrected chi connectivity index (χ1v) is 7.62. The molecule has 0 saturated heterocycles. The van der Waals surface area contributed by atoms with Crippen LogP contribution in [0.15, 0.2) is 49.1 Å². The molecule has 0 aliphatic rings. The smallest absolute Gasteiger partial charge is 0.201 e. The molecule has 0 N–H and O–H groups in total.